The zero-order valence-corrected chi connectivity index (χ0v) is 34.3. The Morgan fingerprint density at radius 3 is 2.45 bits per heavy atom. The number of benzene rings is 3. The molecule has 0 spiro atoms. The molecule has 1 unspecified atom stereocenters. The van der Waals surface area contributed by atoms with Crippen molar-refractivity contribution in [3.05, 3.63) is 107 Å². The van der Waals surface area contributed by atoms with Crippen LogP contribution >= 0.6 is 22.9 Å². The highest BCUT2D eigenvalue weighted by atomic mass is 35.5. The molecule has 60 heavy (non-hydrogen) atoms. The van der Waals surface area contributed by atoms with Crippen molar-refractivity contribution in [1.82, 2.24) is 29.5 Å². The number of ether oxygens (including phenoxy) is 3. The number of carbonyl (C=O) groups is 1. The van der Waals surface area contributed by atoms with Crippen molar-refractivity contribution in [3.8, 4) is 38.9 Å². The molecule has 2 aliphatic rings. The van der Waals surface area contributed by atoms with Crippen LogP contribution in [0.5, 0.6) is 17.4 Å². The maximum absolute atomic E-state index is 14.2. The van der Waals surface area contributed by atoms with Gasteiger partial charge in [-0.2, -0.15) is 18.3 Å². The Labute approximate surface area is 352 Å². The van der Waals surface area contributed by atoms with Crippen molar-refractivity contribution in [2.45, 2.75) is 50.6 Å². The minimum Gasteiger partial charge on any atom is -0.491 e. The molecule has 3 aromatic carbocycles. The number of carboxylic acid groups (broad SMARTS) is 1. The number of carboxylic acids is 1. The first-order chi connectivity index (χ1) is 28.8. The number of piperazine rings is 1. The van der Waals surface area contributed by atoms with Gasteiger partial charge in [-0.15, -0.1) is 11.3 Å². The molecule has 1 atom stereocenters. The Morgan fingerprint density at radius 2 is 1.73 bits per heavy atom. The predicted molar refractivity (Wildman–Crippen MR) is 219 cm³/mol. The lowest BCUT2D eigenvalue weighted by Gasteiger charge is -2.32. The van der Waals surface area contributed by atoms with E-state index in [1.807, 2.05) is 19.1 Å². The highest BCUT2D eigenvalue weighted by Gasteiger charge is 2.57. The average Bonchev–Trinajstić information content (AvgIpc) is 3.75. The Balaban J connectivity index is 1.14. The van der Waals surface area contributed by atoms with Crippen LogP contribution in [0.1, 0.15) is 29.7 Å². The zero-order chi connectivity index (χ0) is 42.2. The van der Waals surface area contributed by atoms with Crippen LogP contribution in [0.2, 0.25) is 5.02 Å². The Morgan fingerprint density at radius 1 is 0.983 bits per heavy atom. The van der Waals surface area contributed by atoms with Crippen molar-refractivity contribution in [2.24, 2.45) is 0 Å². The summed E-state index contributed by atoms with van der Waals surface area (Å²) < 4.78 is 73.5. The molecule has 8 rings (SSSR count). The van der Waals surface area contributed by atoms with Gasteiger partial charge in [0, 0.05) is 60.3 Å². The zero-order valence-electron chi connectivity index (χ0n) is 32.7. The smallest absolute Gasteiger partial charge is 0.408 e. The fourth-order valence-corrected chi connectivity index (χ4v) is 9.10. The Hall–Kier alpha value is -5.29. The summed E-state index contributed by atoms with van der Waals surface area (Å²) in [5.74, 6) is -0.794. The molecule has 1 N–H and O–H groups in total. The summed E-state index contributed by atoms with van der Waals surface area (Å²) in [4.78, 5) is 28.2. The van der Waals surface area contributed by atoms with Gasteiger partial charge in [-0.1, -0.05) is 48.0 Å². The molecule has 314 valence electrons. The van der Waals surface area contributed by atoms with E-state index >= 15 is 0 Å². The van der Waals surface area contributed by atoms with Crippen LogP contribution in [0.25, 0.3) is 31.8 Å². The first kappa shape index (κ1) is 41.4. The first-order valence-corrected chi connectivity index (χ1v) is 20.6. The topological polar surface area (TPSA) is 115 Å². The quantitative estimate of drug-likeness (QED) is 0.101. The molecule has 0 amide bonds. The van der Waals surface area contributed by atoms with E-state index in [1.54, 1.807) is 36.4 Å². The van der Waals surface area contributed by atoms with Crippen molar-refractivity contribution >= 4 is 39.1 Å². The van der Waals surface area contributed by atoms with Crippen LogP contribution in [-0.4, -0.2) is 99.3 Å². The first-order valence-electron chi connectivity index (χ1n) is 19.4. The van der Waals surface area contributed by atoms with E-state index < -0.39 is 36.0 Å². The summed E-state index contributed by atoms with van der Waals surface area (Å²) >= 11 is 8.37. The van der Waals surface area contributed by atoms with Gasteiger partial charge in [0.15, 0.2) is 0 Å². The van der Waals surface area contributed by atoms with Gasteiger partial charge in [-0.25, -0.2) is 19.2 Å². The second kappa shape index (κ2) is 17.0. The van der Waals surface area contributed by atoms with E-state index in [1.165, 1.54) is 42.1 Å². The van der Waals surface area contributed by atoms with Crippen LogP contribution in [-0.2, 0) is 23.4 Å². The molecular formula is C43H41ClF4N6O5S. The van der Waals surface area contributed by atoms with E-state index in [2.05, 4.69) is 31.9 Å². The van der Waals surface area contributed by atoms with Gasteiger partial charge in [0.1, 0.15) is 48.2 Å². The summed E-state index contributed by atoms with van der Waals surface area (Å²) in [7, 11) is 2.11. The third-order valence-corrected chi connectivity index (χ3v) is 12.7. The number of fused-ring (bicyclic) bond motifs is 1. The highest BCUT2D eigenvalue weighted by Crippen LogP contribution is 2.56. The number of alkyl halides is 3. The second-order valence-electron chi connectivity index (χ2n) is 15.1. The van der Waals surface area contributed by atoms with Crippen LogP contribution in [0.3, 0.4) is 0 Å². The van der Waals surface area contributed by atoms with E-state index in [-0.39, 0.29) is 18.2 Å². The number of thiophene rings is 1. The number of aromatic nitrogens is 4. The summed E-state index contributed by atoms with van der Waals surface area (Å²) in [6.45, 7) is 5.48. The fraction of sp³-hybridized carbons (Fsp3) is 0.349. The van der Waals surface area contributed by atoms with Gasteiger partial charge in [-0.05, 0) is 73.8 Å². The molecule has 4 heterocycles. The van der Waals surface area contributed by atoms with Crippen molar-refractivity contribution in [2.75, 3.05) is 46.4 Å². The Kier molecular flexibility index (Phi) is 11.7. The fourth-order valence-electron chi connectivity index (χ4n) is 7.73. The van der Waals surface area contributed by atoms with Gasteiger partial charge in [0.05, 0.1) is 16.1 Å². The molecule has 11 nitrogen and oxygen atoms in total. The number of hydrogen-bond donors (Lipinski definition) is 1. The van der Waals surface area contributed by atoms with Gasteiger partial charge < -0.3 is 24.2 Å². The highest BCUT2D eigenvalue weighted by molar-refractivity contribution is 7.22. The number of hydrogen-bond acceptors (Lipinski definition) is 10. The van der Waals surface area contributed by atoms with Crippen LogP contribution in [0.4, 0.5) is 17.6 Å². The number of rotatable bonds is 15. The largest absolute Gasteiger partial charge is 0.491 e. The van der Waals surface area contributed by atoms with Gasteiger partial charge in [0.25, 0.3) is 0 Å². The van der Waals surface area contributed by atoms with Crippen LogP contribution < -0.4 is 14.2 Å². The normalized spacial score (nSPS) is 16.2. The molecule has 1 saturated heterocycles. The molecule has 0 radical (unpaired) electrons. The van der Waals surface area contributed by atoms with E-state index in [0.29, 0.717) is 74.0 Å². The predicted octanol–water partition coefficient (Wildman–Crippen LogP) is 8.65. The molecule has 0 bridgehead atoms. The summed E-state index contributed by atoms with van der Waals surface area (Å²) in [5, 5.41) is 15.5. The van der Waals surface area contributed by atoms with Gasteiger partial charge >= 0.3 is 12.1 Å². The lowest BCUT2D eigenvalue weighted by atomic mass is 9.89. The molecule has 17 heteroatoms. The standard InChI is InChI=1S/C43H41ClF4N6O5S/c1-26-30(11-12-33(36(26)44)57-22-21-53-19-17-52(2)18-20-53)34-35-39(49-25-50-40(35)60-37(34)27-7-9-28(45)10-8-27)59-38(41(55)56)42(14-15-42)31-5-3-4-6-32(31)58-23-29-13-16-51-54(29)24-43(46,47)48/h3-13,16,25,38H,14-15,17-24H2,1-2H3,(H,55,56). The third-order valence-electron chi connectivity index (χ3n) is 11.1. The van der Waals surface area contributed by atoms with Crippen molar-refractivity contribution in [3.63, 3.8) is 0 Å². The summed E-state index contributed by atoms with van der Waals surface area (Å²) in [5.41, 5.74) is 2.39. The van der Waals surface area contributed by atoms with E-state index in [9.17, 15) is 27.5 Å². The molecular weight excluding hydrogens is 824 g/mol. The maximum atomic E-state index is 14.2. The van der Waals surface area contributed by atoms with E-state index in [4.69, 9.17) is 25.8 Å². The number of likely N-dealkylation sites (N-methyl/N-ethyl adjacent to an activating group) is 1. The lowest BCUT2D eigenvalue weighted by Crippen LogP contribution is -2.45. The van der Waals surface area contributed by atoms with Crippen molar-refractivity contribution < 1.29 is 41.7 Å². The van der Waals surface area contributed by atoms with Gasteiger partial charge in [0.2, 0.25) is 12.0 Å². The minimum absolute atomic E-state index is 0.0239. The molecule has 1 aliphatic heterocycles. The molecule has 6 aromatic rings. The minimum atomic E-state index is -4.48. The third kappa shape index (κ3) is 8.64. The molecule has 2 fully saturated rings. The Bertz CT molecular complexity index is 2500. The van der Waals surface area contributed by atoms with Crippen LogP contribution in [0.15, 0.2) is 79.3 Å². The van der Waals surface area contributed by atoms with Crippen LogP contribution in [0, 0.1) is 12.7 Å². The van der Waals surface area contributed by atoms with E-state index in [0.717, 1.165) is 42.3 Å². The molecule has 3 aromatic heterocycles. The number of aliphatic carboxylic acids is 1. The maximum Gasteiger partial charge on any atom is 0.408 e. The number of halogens is 5. The second-order valence-corrected chi connectivity index (χ2v) is 16.5. The number of nitrogens with zero attached hydrogens (tertiary/aromatic N) is 6. The summed E-state index contributed by atoms with van der Waals surface area (Å²) in [6, 6.07) is 18.0. The van der Waals surface area contributed by atoms with Crippen molar-refractivity contribution in [1.29, 1.82) is 0 Å². The van der Waals surface area contributed by atoms with Gasteiger partial charge in [-0.3, -0.25) is 9.58 Å². The number of para-hydroxylation sites is 1. The SMILES string of the molecule is Cc1c(-c2c(-c3ccc(F)cc3)sc3ncnc(OC(C(=O)O)C4(c5ccccc5OCc5ccnn5CC(F)(F)F)CC4)c23)ccc(OCCN2CCN(C)CC2)c1Cl. The summed E-state index contributed by atoms with van der Waals surface area (Å²) in [6.07, 6.45) is -2.52. The average molecular weight is 865 g/mol. The molecule has 1 aliphatic carbocycles. The lowest BCUT2D eigenvalue weighted by molar-refractivity contribution is -0.147. The molecule has 1 saturated carbocycles. The monoisotopic (exact) mass is 864 g/mol.